The molecule has 1 heterocycles. The topological polar surface area (TPSA) is 32.5 Å². The summed E-state index contributed by atoms with van der Waals surface area (Å²) in [5.74, 6) is 5.70. The first-order chi connectivity index (χ1) is 6.75. The Labute approximate surface area is 98.0 Å². The van der Waals surface area contributed by atoms with Crippen LogP contribution in [0.2, 0.25) is 0 Å². The number of benzene rings is 1. The van der Waals surface area contributed by atoms with Crippen LogP contribution in [-0.2, 0) is 0 Å². The van der Waals surface area contributed by atoms with Gasteiger partial charge >= 0.3 is 0 Å². The molecule has 0 aliphatic carbocycles. The minimum Gasteiger partial charge on any atom is -0.369 e. The molecule has 0 radical (unpaired) electrons. The SMILES string of the molecule is NN1CCN(c2ccc(I)cc2)CC1. The van der Waals surface area contributed by atoms with Crippen LogP contribution in [0.1, 0.15) is 0 Å². The Morgan fingerprint density at radius 3 is 2.14 bits per heavy atom. The number of hydrazine groups is 1. The third kappa shape index (κ3) is 2.37. The normalized spacial score (nSPS) is 18.6. The van der Waals surface area contributed by atoms with Gasteiger partial charge in [-0.25, -0.2) is 5.01 Å². The Bertz CT molecular complexity index is 291. The first kappa shape index (κ1) is 10.2. The monoisotopic (exact) mass is 303 g/mol. The lowest BCUT2D eigenvalue weighted by atomic mass is 10.2. The van der Waals surface area contributed by atoms with Gasteiger partial charge in [0, 0.05) is 35.4 Å². The van der Waals surface area contributed by atoms with E-state index in [0.717, 1.165) is 26.2 Å². The Kier molecular flexibility index (Phi) is 3.25. The van der Waals surface area contributed by atoms with Crippen LogP contribution in [0.3, 0.4) is 0 Å². The minimum absolute atomic E-state index is 0.950. The molecular formula is C10H14IN3. The molecule has 0 unspecified atom stereocenters. The van der Waals surface area contributed by atoms with Crippen LogP contribution in [-0.4, -0.2) is 31.2 Å². The highest BCUT2D eigenvalue weighted by Gasteiger charge is 2.13. The number of halogens is 1. The predicted octanol–water partition coefficient (Wildman–Crippen LogP) is 1.29. The van der Waals surface area contributed by atoms with Gasteiger partial charge in [0.05, 0.1) is 0 Å². The Balaban J connectivity index is 2.05. The molecule has 0 spiro atoms. The second-order valence-corrected chi connectivity index (χ2v) is 4.75. The maximum absolute atomic E-state index is 5.70. The summed E-state index contributed by atoms with van der Waals surface area (Å²) in [6, 6.07) is 8.64. The minimum atomic E-state index is 0.950. The Morgan fingerprint density at radius 1 is 1.00 bits per heavy atom. The maximum atomic E-state index is 5.70. The molecule has 0 bridgehead atoms. The average Bonchev–Trinajstić information content (AvgIpc) is 2.21. The summed E-state index contributed by atoms with van der Waals surface area (Å²) >= 11 is 2.32. The lowest BCUT2D eigenvalue weighted by Gasteiger charge is -2.33. The van der Waals surface area contributed by atoms with E-state index in [2.05, 4.69) is 51.8 Å². The maximum Gasteiger partial charge on any atom is 0.0367 e. The van der Waals surface area contributed by atoms with E-state index in [1.165, 1.54) is 9.26 Å². The van der Waals surface area contributed by atoms with Crippen molar-refractivity contribution in [3.63, 3.8) is 0 Å². The highest BCUT2D eigenvalue weighted by Crippen LogP contribution is 2.17. The quantitative estimate of drug-likeness (QED) is 0.627. The fourth-order valence-corrected chi connectivity index (χ4v) is 1.99. The van der Waals surface area contributed by atoms with Gasteiger partial charge in [-0.3, -0.25) is 5.84 Å². The molecule has 1 fully saturated rings. The van der Waals surface area contributed by atoms with Crippen LogP contribution in [0.5, 0.6) is 0 Å². The number of hydrogen-bond acceptors (Lipinski definition) is 3. The molecule has 3 nitrogen and oxygen atoms in total. The standard InChI is InChI=1S/C10H14IN3/c11-9-1-3-10(4-2-9)13-5-7-14(12)8-6-13/h1-4H,5-8,12H2. The first-order valence-corrected chi connectivity index (χ1v) is 5.84. The fourth-order valence-electron chi connectivity index (χ4n) is 1.63. The van der Waals surface area contributed by atoms with E-state index in [0.29, 0.717) is 0 Å². The van der Waals surface area contributed by atoms with Gasteiger partial charge in [-0.15, -0.1) is 0 Å². The fraction of sp³-hybridized carbons (Fsp3) is 0.400. The van der Waals surface area contributed by atoms with Crippen molar-refractivity contribution in [1.82, 2.24) is 5.01 Å². The number of rotatable bonds is 1. The summed E-state index contributed by atoms with van der Waals surface area (Å²) in [6.45, 7) is 3.95. The zero-order valence-electron chi connectivity index (χ0n) is 7.99. The molecule has 1 aliphatic heterocycles. The third-order valence-electron chi connectivity index (χ3n) is 2.51. The molecule has 2 rings (SSSR count). The van der Waals surface area contributed by atoms with Gasteiger partial charge in [-0.05, 0) is 46.9 Å². The summed E-state index contributed by atoms with van der Waals surface area (Å²) in [7, 11) is 0. The summed E-state index contributed by atoms with van der Waals surface area (Å²) in [6.07, 6.45) is 0. The largest absolute Gasteiger partial charge is 0.369 e. The molecular weight excluding hydrogens is 289 g/mol. The third-order valence-corrected chi connectivity index (χ3v) is 3.23. The van der Waals surface area contributed by atoms with Crippen LogP contribution in [0, 0.1) is 3.57 Å². The molecule has 1 aromatic rings. The summed E-state index contributed by atoms with van der Waals surface area (Å²) in [5.41, 5.74) is 1.30. The second-order valence-electron chi connectivity index (χ2n) is 3.50. The zero-order valence-corrected chi connectivity index (χ0v) is 10.1. The highest BCUT2D eigenvalue weighted by molar-refractivity contribution is 14.1. The van der Waals surface area contributed by atoms with Gasteiger partial charge in [0.1, 0.15) is 0 Å². The molecule has 1 saturated heterocycles. The van der Waals surface area contributed by atoms with Crippen LogP contribution < -0.4 is 10.7 Å². The predicted molar refractivity (Wildman–Crippen MR) is 67.1 cm³/mol. The van der Waals surface area contributed by atoms with E-state index >= 15 is 0 Å². The Hall–Kier alpha value is -0.330. The van der Waals surface area contributed by atoms with E-state index in [4.69, 9.17) is 5.84 Å². The molecule has 76 valence electrons. The lowest BCUT2D eigenvalue weighted by molar-refractivity contribution is 0.266. The molecule has 1 aliphatic rings. The number of nitrogens with two attached hydrogens (primary N) is 1. The molecule has 2 N–H and O–H groups in total. The van der Waals surface area contributed by atoms with Crippen molar-refractivity contribution in [3.05, 3.63) is 27.8 Å². The Morgan fingerprint density at radius 2 is 1.57 bits per heavy atom. The van der Waals surface area contributed by atoms with Crippen molar-refractivity contribution in [3.8, 4) is 0 Å². The second kappa shape index (κ2) is 4.46. The van der Waals surface area contributed by atoms with Crippen molar-refractivity contribution >= 4 is 28.3 Å². The van der Waals surface area contributed by atoms with Gasteiger partial charge < -0.3 is 4.90 Å². The van der Waals surface area contributed by atoms with E-state index in [1.54, 1.807) is 0 Å². The molecule has 0 aromatic heterocycles. The van der Waals surface area contributed by atoms with Gasteiger partial charge in [-0.2, -0.15) is 0 Å². The lowest BCUT2D eigenvalue weighted by Crippen LogP contribution is -2.49. The van der Waals surface area contributed by atoms with E-state index in [1.807, 2.05) is 5.01 Å². The van der Waals surface area contributed by atoms with Crippen LogP contribution in [0.25, 0.3) is 0 Å². The zero-order chi connectivity index (χ0) is 9.97. The van der Waals surface area contributed by atoms with Crippen LogP contribution >= 0.6 is 22.6 Å². The van der Waals surface area contributed by atoms with Gasteiger partial charge in [0.15, 0.2) is 0 Å². The van der Waals surface area contributed by atoms with Gasteiger partial charge in [-0.1, -0.05) is 0 Å². The van der Waals surface area contributed by atoms with Crippen LogP contribution in [0.4, 0.5) is 5.69 Å². The molecule has 0 atom stereocenters. The molecule has 14 heavy (non-hydrogen) atoms. The molecule has 1 aromatic carbocycles. The summed E-state index contributed by atoms with van der Waals surface area (Å²) in [4.78, 5) is 2.37. The molecule has 0 saturated carbocycles. The van der Waals surface area contributed by atoms with E-state index < -0.39 is 0 Å². The van der Waals surface area contributed by atoms with E-state index in [-0.39, 0.29) is 0 Å². The van der Waals surface area contributed by atoms with Gasteiger partial charge in [0.25, 0.3) is 0 Å². The molecule has 4 heteroatoms. The smallest absolute Gasteiger partial charge is 0.0367 e. The number of anilines is 1. The van der Waals surface area contributed by atoms with Crippen molar-refractivity contribution in [1.29, 1.82) is 0 Å². The first-order valence-electron chi connectivity index (χ1n) is 4.76. The number of nitrogens with zero attached hydrogens (tertiary/aromatic N) is 2. The van der Waals surface area contributed by atoms with E-state index in [9.17, 15) is 0 Å². The molecule has 0 amide bonds. The summed E-state index contributed by atoms with van der Waals surface area (Å²) < 4.78 is 1.28. The average molecular weight is 303 g/mol. The van der Waals surface area contributed by atoms with Gasteiger partial charge in [0.2, 0.25) is 0 Å². The van der Waals surface area contributed by atoms with Crippen molar-refractivity contribution in [2.45, 2.75) is 0 Å². The number of hydrogen-bond donors (Lipinski definition) is 1. The van der Waals surface area contributed by atoms with Crippen LogP contribution in [0.15, 0.2) is 24.3 Å². The summed E-state index contributed by atoms with van der Waals surface area (Å²) in [5, 5.41) is 1.88. The van der Waals surface area contributed by atoms with Crippen molar-refractivity contribution in [2.24, 2.45) is 5.84 Å². The highest BCUT2D eigenvalue weighted by atomic mass is 127. The van der Waals surface area contributed by atoms with Crippen molar-refractivity contribution < 1.29 is 0 Å². The number of piperazine rings is 1. The van der Waals surface area contributed by atoms with Crippen molar-refractivity contribution in [2.75, 3.05) is 31.1 Å².